The Bertz CT molecular complexity index is 448. The standard InChI is InChI=1S/C14H17ClF3N/c1-9-7-19(8-10(9)2)12-4-3-11(6-15)13(5-12)14(16,17)18/h3-5,9-10H,6-8H2,1-2H3. The Morgan fingerprint density at radius 2 is 1.79 bits per heavy atom. The summed E-state index contributed by atoms with van der Waals surface area (Å²) in [5.41, 5.74) is 0.155. The largest absolute Gasteiger partial charge is 0.416 e. The molecule has 1 saturated heterocycles. The molecule has 1 aromatic rings. The molecule has 1 aliphatic rings. The molecule has 0 saturated carbocycles. The highest BCUT2D eigenvalue weighted by atomic mass is 35.5. The molecule has 0 spiro atoms. The molecule has 2 atom stereocenters. The molecule has 0 radical (unpaired) electrons. The van der Waals surface area contributed by atoms with Gasteiger partial charge in [0, 0.05) is 24.7 Å². The van der Waals surface area contributed by atoms with Crippen molar-refractivity contribution in [2.24, 2.45) is 11.8 Å². The lowest BCUT2D eigenvalue weighted by atomic mass is 10.0. The Morgan fingerprint density at radius 1 is 1.21 bits per heavy atom. The van der Waals surface area contributed by atoms with Crippen molar-refractivity contribution in [2.45, 2.75) is 25.9 Å². The highest BCUT2D eigenvalue weighted by Gasteiger charge is 2.34. The third kappa shape index (κ3) is 2.99. The molecule has 19 heavy (non-hydrogen) atoms. The molecule has 1 aromatic carbocycles. The molecule has 5 heteroatoms. The van der Waals surface area contributed by atoms with Crippen LogP contribution in [0, 0.1) is 11.8 Å². The average molecular weight is 292 g/mol. The Labute approximate surface area is 116 Å². The maximum atomic E-state index is 13.0. The summed E-state index contributed by atoms with van der Waals surface area (Å²) in [4.78, 5) is 2.02. The van der Waals surface area contributed by atoms with Crippen molar-refractivity contribution in [1.29, 1.82) is 0 Å². The second-order valence-corrected chi connectivity index (χ2v) is 5.60. The molecular formula is C14H17ClF3N. The van der Waals surface area contributed by atoms with Gasteiger partial charge in [0.15, 0.2) is 0 Å². The lowest BCUT2D eigenvalue weighted by molar-refractivity contribution is -0.138. The van der Waals surface area contributed by atoms with E-state index in [0.717, 1.165) is 13.1 Å². The molecule has 0 N–H and O–H groups in total. The van der Waals surface area contributed by atoms with Gasteiger partial charge in [0.05, 0.1) is 5.56 Å². The minimum absolute atomic E-state index is 0.123. The topological polar surface area (TPSA) is 3.24 Å². The number of halogens is 4. The first-order chi connectivity index (χ1) is 8.82. The van der Waals surface area contributed by atoms with E-state index < -0.39 is 11.7 Å². The van der Waals surface area contributed by atoms with E-state index in [-0.39, 0.29) is 11.4 Å². The fourth-order valence-corrected chi connectivity index (χ4v) is 2.72. The molecule has 0 aromatic heterocycles. The third-order valence-electron chi connectivity index (χ3n) is 3.90. The molecule has 0 aliphatic carbocycles. The van der Waals surface area contributed by atoms with E-state index in [2.05, 4.69) is 13.8 Å². The van der Waals surface area contributed by atoms with Crippen LogP contribution in [0.15, 0.2) is 18.2 Å². The van der Waals surface area contributed by atoms with E-state index in [1.807, 2.05) is 4.90 Å². The van der Waals surface area contributed by atoms with Crippen molar-refractivity contribution in [3.05, 3.63) is 29.3 Å². The van der Waals surface area contributed by atoms with Gasteiger partial charge in [-0.3, -0.25) is 0 Å². The maximum absolute atomic E-state index is 13.0. The predicted molar refractivity (Wildman–Crippen MR) is 71.5 cm³/mol. The molecule has 106 valence electrons. The SMILES string of the molecule is CC1CN(c2ccc(CCl)c(C(F)(F)F)c2)CC1C. The molecule has 0 bridgehead atoms. The molecule has 2 unspecified atom stereocenters. The van der Waals surface area contributed by atoms with Gasteiger partial charge in [-0.1, -0.05) is 19.9 Å². The van der Waals surface area contributed by atoms with E-state index in [1.54, 1.807) is 6.07 Å². The van der Waals surface area contributed by atoms with Crippen molar-refractivity contribution in [3.63, 3.8) is 0 Å². The monoisotopic (exact) mass is 291 g/mol. The summed E-state index contributed by atoms with van der Waals surface area (Å²) in [6.45, 7) is 5.86. The number of anilines is 1. The van der Waals surface area contributed by atoms with Crippen molar-refractivity contribution in [2.75, 3.05) is 18.0 Å². The second kappa shape index (κ2) is 5.23. The van der Waals surface area contributed by atoms with Crippen LogP contribution in [0.4, 0.5) is 18.9 Å². The lowest BCUT2D eigenvalue weighted by Crippen LogP contribution is -2.20. The van der Waals surface area contributed by atoms with Crippen LogP contribution in [-0.2, 0) is 12.1 Å². The lowest BCUT2D eigenvalue weighted by Gasteiger charge is -2.21. The van der Waals surface area contributed by atoms with Gasteiger partial charge in [-0.25, -0.2) is 0 Å². The van der Waals surface area contributed by atoms with E-state index in [4.69, 9.17) is 11.6 Å². The molecule has 1 fully saturated rings. The van der Waals surface area contributed by atoms with Gasteiger partial charge in [-0.15, -0.1) is 11.6 Å². The second-order valence-electron chi connectivity index (χ2n) is 5.33. The molecule has 1 nitrogen and oxygen atoms in total. The van der Waals surface area contributed by atoms with E-state index in [0.29, 0.717) is 17.5 Å². The fourth-order valence-electron chi connectivity index (χ4n) is 2.48. The number of hydrogen-bond donors (Lipinski definition) is 0. The highest BCUT2D eigenvalue weighted by Crippen LogP contribution is 2.37. The van der Waals surface area contributed by atoms with Crippen molar-refractivity contribution >= 4 is 17.3 Å². The van der Waals surface area contributed by atoms with Crippen LogP contribution < -0.4 is 4.90 Å². The summed E-state index contributed by atoms with van der Waals surface area (Å²) in [5.74, 6) is 0.881. The van der Waals surface area contributed by atoms with Crippen LogP contribution >= 0.6 is 11.6 Å². The minimum atomic E-state index is -4.35. The molecule has 2 rings (SSSR count). The van der Waals surface area contributed by atoms with Gasteiger partial charge < -0.3 is 4.90 Å². The average Bonchev–Trinajstić information content (AvgIpc) is 2.68. The van der Waals surface area contributed by atoms with Crippen LogP contribution in [0.25, 0.3) is 0 Å². The predicted octanol–water partition coefficient (Wildman–Crippen LogP) is 4.54. The van der Waals surface area contributed by atoms with Gasteiger partial charge in [0.25, 0.3) is 0 Å². The van der Waals surface area contributed by atoms with E-state index in [1.165, 1.54) is 12.1 Å². The van der Waals surface area contributed by atoms with Crippen molar-refractivity contribution in [1.82, 2.24) is 0 Å². The molecule has 1 heterocycles. The zero-order chi connectivity index (χ0) is 14.2. The fraction of sp³-hybridized carbons (Fsp3) is 0.571. The van der Waals surface area contributed by atoms with Crippen LogP contribution in [0.3, 0.4) is 0 Å². The van der Waals surface area contributed by atoms with Crippen LogP contribution in [0.2, 0.25) is 0 Å². The summed E-state index contributed by atoms with van der Waals surface area (Å²) in [6, 6.07) is 4.44. The van der Waals surface area contributed by atoms with Crippen LogP contribution in [-0.4, -0.2) is 13.1 Å². The smallest absolute Gasteiger partial charge is 0.371 e. The van der Waals surface area contributed by atoms with Gasteiger partial charge in [-0.05, 0) is 29.5 Å². The highest BCUT2D eigenvalue weighted by molar-refractivity contribution is 6.17. The van der Waals surface area contributed by atoms with E-state index in [9.17, 15) is 13.2 Å². The molecule has 0 amide bonds. The Hall–Kier alpha value is -0.900. The number of alkyl halides is 4. The van der Waals surface area contributed by atoms with Gasteiger partial charge in [-0.2, -0.15) is 13.2 Å². The number of benzene rings is 1. The molecule has 1 aliphatic heterocycles. The molecular weight excluding hydrogens is 275 g/mol. The normalized spacial score (nSPS) is 24.0. The van der Waals surface area contributed by atoms with Crippen LogP contribution in [0.5, 0.6) is 0 Å². The van der Waals surface area contributed by atoms with Gasteiger partial charge in [0.2, 0.25) is 0 Å². The number of rotatable bonds is 2. The quantitative estimate of drug-likeness (QED) is 0.723. The first kappa shape index (κ1) is 14.5. The summed E-state index contributed by atoms with van der Waals surface area (Å²) < 4.78 is 38.9. The Morgan fingerprint density at radius 3 is 2.26 bits per heavy atom. The Kier molecular flexibility index (Phi) is 4.00. The minimum Gasteiger partial charge on any atom is -0.371 e. The number of hydrogen-bond acceptors (Lipinski definition) is 1. The third-order valence-corrected chi connectivity index (χ3v) is 4.18. The van der Waals surface area contributed by atoms with Gasteiger partial charge in [0.1, 0.15) is 0 Å². The summed E-state index contributed by atoms with van der Waals surface area (Å²) >= 11 is 5.58. The first-order valence-electron chi connectivity index (χ1n) is 6.34. The summed E-state index contributed by atoms with van der Waals surface area (Å²) in [6.07, 6.45) is -4.35. The summed E-state index contributed by atoms with van der Waals surface area (Å²) in [5, 5.41) is 0. The van der Waals surface area contributed by atoms with Crippen molar-refractivity contribution < 1.29 is 13.2 Å². The number of nitrogens with zero attached hydrogens (tertiary/aromatic N) is 1. The van der Waals surface area contributed by atoms with Crippen LogP contribution in [0.1, 0.15) is 25.0 Å². The Balaban J connectivity index is 2.34. The maximum Gasteiger partial charge on any atom is 0.416 e. The zero-order valence-corrected chi connectivity index (χ0v) is 11.7. The summed E-state index contributed by atoms with van der Waals surface area (Å²) in [7, 11) is 0. The van der Waals surface area contributed by atoms with E-state index >= 15 is 0 Å². The van der Waals surface area contributed by atoms with Crippen molar-refractivity contribution in [3.8, 4) is 0 Å². The van der Waals surface area contributed by atoms with Gasteiger partial charge >= 0.3 is 6.18 Å². The zero-order valence-electron chi connectivity index (χ0n) is 11.0. The first-order valence-corrected chi connectivity index (χ1v) is 6.87.